The van der Waals surface area contributed by atoms with Gasteiger partial charge in [0.2, 0.25) is 5.91 Å². The van der Waals surface area contributed by atoms with E-state index in [-0.39, 0.29) is 18.9 Å². The summed E-state index contributed by atoms with van der Waals surface area (Å²) in [7, 11) is 0. The van der Waals surface area contributed by atoms with E-state index in [1.165, 1.54) is 11.3 Å². The average molecular weight is 465 g/mol. The first-order valence-corrected chi connectivity index (χ1v) is 11.6. The fourth-order valence-electron chi connectivity index (χ4n) is 4.07. The van der Waals surface area contributed by atoms with E-state index in [0.29, 0.717) is 4.88 Å². The van der Waals surface area contributed by atoms with Crippen molar-refractivity contribution in [3.8, 4) is 11.1 Å². The molecule has 3 aromatic rings. The summed E-state index contributed by atoms with van der Waals surface area (Å²) in [6, 6.07) is 17.4. The normalized spacial score (nSPS) is 14.0. The highest BCUT2D eigenvalue weighted by molar-refractivity contribution is 7.10. The van der Waals surface area contributed by atoms with Gasteiger partial charge >= 0.3 is 12.1 Å². The molecule has 0 bridgehead atoms. The zero-order valence-electron chi connectivity index (χ0n) is 18.0. The van der Waals surface area contributed by atoms with E-state index in [0.717, 1.165) is 22.3 Å². The second-order valence-electron chi connectivity index (χ2n) is 7.73. The number of carboxylic acid groups (broad SMARTS) is 1. The second-order valence-corrected chi connectivity index (χ2v) is 8.71. The summed E-state index contributed by atoms with van der Waals surface area (Å²) >= 11 is 1.29. The number of nitrogens with one attached hydrogen (secondary N) is 2. The van der Waals surface area contributed by atoms with Crippen molar-refractivity contribution >= 4 is 29.3 Å². The molecule has 0 fully saturated rings. The van der Waals surface area contributed by atoms with E-state index in [4.69, 9.17) is 4.74 Å². The van der Waals surface area contributed by atoms with Crippen LogP contribution in [-0.4, -0.2) is 35.7 Å². The minimum absolute atomic E-state index is 0.103. The van der Waals surface area contributed by atoms with Crippen molar-refractivity contribution in [1.29, 1.82) is 0 Å². The van der Waals surface area contributed by atoms with Crippen molar-refractivity contribution in [3.05, 3.63) is 82.0 Å². The van der Waals surface area contributed by atoms with Crippen molar-refractivity contribution in [2.45, 2.75) is 31.3 Å². The van der Waals surface area contributed by atoms with Gasteiger partial charge in [-0.25, -0.2) is 9.59 Å². The maximum Gasteiger partial charge on any atom is 0.408 e. The molecular formula is C25H24N2O5S. The number of ether oxygens (including phenoxy) is 1. The molecule has 1 heterocycles. The van der Waals surface area contributed by atoms with Crippen molar-refractivity contribution in [2.24, 2.45) is 0 Å². The molecule has 0 aliphatic heterocycles. The van der Waals surface area contributed by atoms with Crippen LogP contribution in [0.15, 0.2) is 66.0 Å². The standard InChI is InChI=1S/C25H24N2O5S/c1-2-20(24(29)30)26-23(28)22(21-12-7-13-33-21)27-25(31)32-14-19-17-10-5-3-8-15(17)16-9-4-6-11-18(16)19/h3-13,19-20,22H,2,14H2,1H3,(H,26,28)(H,27,31)(H,29,30). The Morgan fingerprint density at radius 1 is 0.970 bits per heavy atom. The molecule has 0 spiro atoms. The highest BCUT2D eigenvalue weighted by Gasteiger charge is 2.31. The minimum atomic E-state index is -1.13. The van der Waals surface area contributed by atoms with Gasteiger partial charge in [0, 0.05) is 10.8 Å². The number of thiophene rings is 1. The molecule has 4 rings (SSSR count). The van der Waals surface area contributed by atoms with Crippen molar-refractivity contribution in [3.63, 3.8) is 0 Å². The fraction of sp³-hybridized carbons (Fsp3) is 0.240. The van der Waals surface area contributed by atoms with Crippen LogP contribution < -0.4 is 10.6 Å². The number of alkyl carbamates (subject to hydrolysis) is 1. The molecule has 170 valence electrons. The molecule has 8 heteroatoms. The molecule has 0 saturated heterocycles. The number of carbonyl (C=O) groups is 3. The third-order valence-electron chi connectivity index (χ3n) is 5.72. The average Bonchev–Trinajstić information content (AvgIpc) is 3.46. The Kier molecular flexibility index (Phi) is 6.74. The van der Waals surface area contributed by atoms with Crippen LogP contribution >= 0.6 is 11.3 Å². The van der Waals surface area contributed by atoms with Crippen LogP contribution in [0.2, 0.25) is 0 Å². The van der Waals surface area contributed by atoms with Gasteiger partial charge in [-0.3, -0.25) is 4.79 Å². The molecule has 2 unspecified atom stereocenters. The first-order chi connectivity index (χ1) is 16.0. The number of fused-ring (bicyclic) bond motifs is 3. The Bertz CT molecular complexity index is 1120. The molecule has 1 aliphatic carbocycles. The van der Waals surface area contributed by atoms with Crippen LogP contribution in [0.1, 0.15) is 41.3 Å². The molecule has 7 nitrogen and oxygen atoms in total. The lowest BCUT2D eigenvalue weighted by atomic mass is 9.98. The van der Waals surface area contributed by atoms with Gasteiger partial charge in [-0.05, 0) is 40.1 Å². The molecule has 0 radical (unpaired) electrons. The second kappa shape index (κ2) is 9.87. The zero-order valence-corrected chi connectivity index (χ0v) is 18.8. The first-order valence-electron chi connectivity index (χ1n) is 10.7. The van der Waals surface area contributed by atoms with E-state index in [1.807, 2.05) is 36.4 Å². The number of rotatable bonds is 8. The van der Waals surface area contributed by atoms with Crippen LogP contribution in [0.25, 0.3) is 11.1 Å². The number of hydrogen-bond acceptors (Lipinski definition) is 5. The van der Waals surface area contributed by atoms with Crippen LogP contribution in [0.5, 0.6) is 0 Å². The van der Waals surface area contributed by atoms with Crippen molar-refractivity contribution in [2.75, 3.05) is 6.61 Å². The molecular weight excluding hydrogens is 440 g/mol. The number of aliphatic carboxylic acids is 1. The third kappa shape index (κ3) is 4.75. The van der Waals surface area contributed by atoms with Gasteiger partial charge in [0.25, 0.3) is 0 Å². The summed E-state index contributed by atoms with van der Waals surface area (Å²) in [4.78, 5) is 37.4. The quantitative estimate of drug-likeness (QED) is 0.461. The Morgan fingerprint density at radius 3 is 2.15 bits per heavy atom. The van der Waals surface area contributed by atoms with Crippen molar-refractivity contribution < 1.29 is 24.2 Å². The summed E-state index contributed by atoms with van der Waals surface area (Å²) in [6.07, 6.45) is -0.516. The SMILES string of the molecule is CCC(NC(=O)C(NC(=O)OCC1c2ccccc2-c2ccccc21)c1cccs1)C(=O)O. The number of carboxylic acids is 1. The highest BCUT2D eigenvalue weighted by Crippen LogP contribution is 2.44. The number of amides is 2. The lowest BCUT2D eigenvalue weighted by Crippen LogP contribution is -2.47. The third-order valence-corrected chi connectivity index (χ3v) is 6.66. The summed E-state index contributed by atoms with van der Waals surface area (Å²) in [5.74, 6) is -1.83. The van der Waals surface area contributed by atoms with E-state index in [2.05, 4.69) is 22.8 Å². The molecule has 1 aromatic heterocycles. The van der Waals surface area contributed by atoms with Gasteiger partial charge in [0.1, 0.15) is 18.7 Å². The first kappa shape index (κ1) is 22.5. The predicted molar refractivity (Wildman–Crippen MR) is 125 cm³/mol. The zero-order chi connectivity index (χ0) is 23.4. The van der Waals surface area contributed by atoms with E-state index in [9.17, 15) is 19.5 Å². The molecule has 0 saturated carbocycles. The Balaban J connectivity index is 1.46. The van der Waals surface area contributed by atoms with Gasteiger partial charge in [-0.1, -0.05) is 61.5 Å². The smallest absolute Gasteiger partial charge is 0.408 e. The van der Waals surface area contributed by atoms with Gasteiger partial charge in [-0.2, -0.15) is 0 Å². The lowest BCUT2D eigenvalue weighted by molar-refractivity contribution is -0.142. The van der Waals surface area contributed by atoms with E-state index < -0.39 is 30.1 Å². The number of benzene rings is 2. The Morgan fingerprint density at radius 2 is 1.61 bits per heavy atom. The van der Waals surface area contributed by atoms with Gasteiger partial charge in [-0.15, -0.1) is 11.3 Å². The predicted octanol–water partition coefficient (Wildman–Crippen LogP) is 4.31. The maximum atomic E-state index is 12.8. The van der Waals surface area contributed by atoms with Gasteiger partial charge < -0.3 is 20.5 Å². The largest absolute Gasteiger partial charge is 0.480 e. The fourth-order valence-corrected chi connectivity index (χ4v) is 4.85. The minimum Gasteiger partial charge on any atom is -0.480 e. The maximum absolute atomic E-state index is 12.8. The van der Waals surface area contributed by atoms with Crippen molar-refractivity contribution in [1.82, 2.24) is 10.6 Å². The Labute approximate surface area is 195 Å². The topological polar surface area (TPSA) is 105 Å². The summed E-state index contributed by atoms with van der Waals surface area (Å²) in [5.41, 5.74) is 4.42. The molecule has 2 aromatic carbocycles. The lowest BCUT2D eigenvalue weighted by Gasteiger charge is -2.21. The monoisotopic (exact) mass is 464 g/mol. The Hall–Kier alpha value is -3.65. The molecule has 1 aliphatic rings. The van der Waals surface area contributed by atoms with Crippen LogP contribution in [0.3, 0.4) is 0 Å². The van der Waals surface area contributed by atoms with Crippen LogP contribution in [0.4, 0.5) is 4.79 Å². The summed E-state index contributed by atoms with van der Waals surface area (Å²) in [6.45, 7) is 1.78. The number of carbonyl (C=O) groups excluding carboxylic acids is 2. The number of hydrogen-bond donors (Lipinski definition) is 3. The highest BCUT2D eigenvalue weighted by atomic mass is 32.1. The van der Waals surface area contributed by atoms with Gasteiger partial charge in [0.15, 0.2) is 0 Å². The van der Waals surface area contributed by atoms with Gasteiger partial charge in [0.05, 0.1) is 0 Å². The van der Waals surface area contributed by atoms with E-state index in [1.54, 1.807) is 24.4 Å². The summed E-state index contributed by atoms with van der Waals surface area (Å²) < 4.78 is 5.56. The molecule has 3 N–H and O–H groups in total. The molecule has 33 heavy (non-hydrogen) atoms. The molecule has 2 atom stereocenters. The molecule has 2 amide bonds. The van der Waals surface area contributed by atoms with Crippen LogP contribution in [-0.2, 0) is 14.3 Å². The van der Waals surface area contributed by atoms with Crippen LogP contribution in [0, 0.1) is 0 Å². The summed E-state index contributed by atoms with van der Waals surface area (Å²) in [5, 5.41) is 16.1. The van der Waals surface area contributed by atoms with E-state index >= 15 is 0 Å².